The van der Waals surface area contributed by atoms with Gasteiger partial charge in [0.2, 0.25) is 0 Å². The lowest BCUT2D eigenvalue weighted by molar-refractivity contribution is -0.116. The van der Waals surface area contributed by atoms with Gasteiger partial charge in [0, 0.05) is 6.42 Å². The standard InChI is InChI=1S/C13H14O/c1-4-12-7-6-11(8-10(3)14)9-13(12)5-2/h4-7,9H,1-2,8H2,3H3. The third kappa shape index (κ3) is 2.43. The monoisotopic (exact) mass is 186 g/mol. The highest BCUT2D eigenvalue weighted by molar-refractivity contribution is 5.78. The quantitative estimate of drug-likeness (QED) is 0.706. The summed E-state index contributed by atoms with van der Waals surface area (Å²) < 4.78 is 0. The van der Waals surface area contributed by atoms with E-state index in [4.69, 9.17) is 0 Å². The Kier molecular flexibility index (Phi) is 3.41. The molecule has 72 valence electrons. The number of hydrogen-bond donors (Lipinski definition) is 0. The maximum absolute atomic E-state index is 10.9. The van der Waals surface area contributed by atoms with E-state index in [1.807, 2.05) is 18.2 Å². The highest BCUT2D eigenvalue weighted by Gasteiger charge is 2.00. The summed E-state index contributed by atoms with van der Waals surface area (Å²) in [7, 11) is 0. The molecule has 1 aromatic rings. The second kappa shape index (κ2) is 4.56. The molecule has 0 aliphatic heterocycles. The number of rotatable bonds is 4. The number of carbonyl (C=O) groups excluding carboxylic acids is 1. The Morgan fingerprint density at radius 2 is 1.93 bits per heavy atom. The van der Waals surface area contributed by atoms with Crippen molar-refractivity contribution in [3.63, 3.8) is 0 Å². The molecule has 0 unspecified atom stereocenters. The fourth-order valence-corrected chi connectivity index (χ4v) is 1.38. The van der Waals surface area contributed by atoms with Crippen LogP contribution < -0.4 is 0 Å². The lowest BCUT2D eigenvalue weighted by Gasteiger charge is -2.03. The summed E-state index contributed by atoms with van der Waals surface area (Å²) in [5.74, 6) is 0.173. The lowest BCUT2D eigenvalue weighted by Crippen LogP contribution is -1.96. The average Bonchev–Trinajstić information content (AvgIpc) is 2.16. The lowest BCUT2D eigenvalue weighted by atomic mass is 10.0. The second-order valence-corrected chi connectivity index (χ2v) is 3.25. The first-order chi connectivity index (χ1) is 6.67. The van der Waals surface area contributed by atoms with E-state index < -0.39 is 0 Å². The molecular formula is C13H14O. The van der Waals surface area contributed by atoms with Crippen LogP contribution in [-0.4, -0.2) is 5.78 Å². The number of ketones is 1. The van der Waals surface area contributed by atoms with Gasteiger partial charge in [-0.05, 0) is 23.6 Å². The third-order valence-corrected chi connectivity index (χ3v) is 2.04. The first-order valence-electron chi connectivity index (χ1n) is 4.54. The van der Waals surface area contributed by atoms with Gasteiger partial charge in [0.15, 0.2) is 0 Å². The number of hydrogen-bond acceptors (Lipinski definition) is 1. The molecule has 0 bridgehead atoms. The van der Waals surface area contributed by atoms with E-state index in [0.717, 1.165) is 16.7 Å². The van der Waals surface area contributed by atoms with Crippen LogP contribution in [0.25, 0.3) is 12.2 Å². The van der Waals surface area contributed by atoms with Crippen molar-refractivity contribution in [3.05, 3.63) is 48.0 Å². The molecule has 0 fully saturated rings. The molecule has 0 radical (unpaired) electrons. The Balaban J connectivity index is 3.07. The van der Waals surface area contributed by atoms with Crippen molar-refractivity contribution in [2.45, 2.75) is 13.3 Å². The van der Waals surface area contributed by atoms with Crippen LogP contribution in [0.3, 0.4) is 0 Å². The van der Waals surface area contributed by atoms with Crippen molar-refractivity contribution in [1.82, 2.24) is 0 Å². The minimum atomic E-state index is 0.173. The molecule has 1 rings (SSSR count). The zero-order chi connectivity index (χ0) is 10.6. The molecule has 0 aliphatic carbocycles. The first kappa shape index (κ1) is 10.5. The van der Waals surface area contributed by atoms with Gasteiger partial charge in [-0.1, -0.05) is 43.5 Å². The van der Waals surface area contributed by atoms with Crippen LogP contribution in [0.5, 0.6) is 0 Å². The summed E-state index contributed by atoms with van der Waals surface area (Å²) in [5, 5.41) is 0. The molecule has 14 heavy (non-hydrogen) atoms. The second-order valence-electron chi connectivity index (χ2n) is 3.25. The SMILES string of the molecule is C=Cc1ccc(CC(C)=O)cc1C=C. The van der Waals surface area contributed by atoms with Crippen molar-refractivity contribution in [2.24, 2.45) is 0 Å². The minimum absolute atomic E-state index is 0.173. The maximum atomic E-state index is 10.9. The van der Waals surface area contributed by atoms with E-state index in [1.165, 1.54) is 0 Å². The summed E-state index contributed by atoms with van der Waals surface area (Å²) >= 11 is 0. The molecular weight excluding hydrogens is 172 g/mol. The molecule has 0 spiro atoms. The van der Waals surface area contributed by atoms with Crippen LogP contribution in [0.1, 0.15) is 23.6 Å². The van der Waals surface area contributed by atoms with Gasteiger partial charge >= 0.3 is 0 Å². The smallest absolute Gasteiger partial charge is 0.134 e. The van der Waals surface area contributed by atoms with Gasteiger partial charge in [-0.15, -0.1) is 0 Å². The van der Waals surface area contributed by atoms with E-state index in [1.54, 1.807) is 19.1 Å². The molecule has 0 amide bonds. The van der Waals surface area contributed by atoms with Crippen LogP contribution >= 0.6 is 0 Å². The van der Waals surface area contributed by atoms with Crippen LogP contribution in [-0.2, 0) is 11.2 Å². The van der Waals surface area contributed by atoms with Gasteiger partial charge in [0.05, 0.1) is 0 Å². The molecule has 0 saturated carbocycles. The van der Waals surface area contributed by atoms with Crippen molar-refractivity contribution >= 4 is 17.9 Å². The molecule has 0 heterocycles. The zero-order valence-electron chi connectivity index (χ0n) is 8.42. The van der Waals surface area contributed by atoms with Crippen LogP contribution in [0.15, 0.2) is 31.4 Å². The summed E-state index contributed by atoms with van der Waals surface area (Å²) in [5.41, 5.74) is 3.10. The van der Waals surface area contributed by atoms with Gasteiger partial charge < -0.3 is 0 Å². The molecule has 0 N–H and O–H groups in total. The predicted molar refractivity (Wildman–Crippen MR) is 61.0 cm³/mol. The van der Waals surface area contributed by atoms with E-state index in [-0.39, 0.29) is 5.78 Å². The van der Waals surface area contributed by atoms with E-state index in [2.05, 4.69) is 13.2 Å². The Bertz CT molecular complexity index is 375. The number of Topliss-reactive ketones (excluding diaryl/α,β-unsaturated/α-hetero) is 1. The number of benzene rings is 1. The van der Waals surface area contributed by atoms with E-state index in [0.29, 0.717) is 6.42 Å². The molecule has 1 aromatic carbocycles. The van der Waals surface area contributed by atoms with Gasteiger partial charge in [0.25, 0.3) is 0 Å². The van der Waals surface area contributed by atoms with E-state index in [9.17, 15) is 4.79 Å². The first-order valence-corrected chi connectivity index (χ1v) is 4.54. The van der Waals surface area contributed by atoms with Crippen molar-refractivity contribution < 1.29 is 4.79 Å². The van der Waals surface area contributed by atoms with Crippen LogP contribution in [0.4, 0.5) is 0 Å². The van der Waals surface area contributed by atoms with Crippen LogP contribution in [0.2, 0.25) is 0 Å². The van der Waals surface area contributed by atoms with E-state index >= 15 is 0 Å². The summed E-state index contributed by atoms with van der Waals surface area (Å²) in [6.07, 6.45) is 4.05. The van der Waals surface area contributed by atoms with Gasteiger partial charge in [-0.2, -0.15) is 0 Å². The highest BCUT2D eigenvalue weighted by atomic mass is 16.1. The van der Waals surface area contributed by atoms with Gasteiger partial charge in [0.1, 0.15) is 5.78 Å². The zero-order valence-corrected chi connectivity index (χ0v) is 8.42. The Morgan fingerprint density at radius 3 is 2.43 bits per heavy atom. The topological polar surface area (TPSA) is 17.1 Å². The van der Waals surface area contributed by atoms with Crippen molar-refractivity contribution in [2.75, 3.05) is 0 Å². The summed E-state index contributed by atoms with van der Waals surface area (Å²) in [4.78, 5) is 10.9. The van der Waals surface area contributed by atoms with Crippen molar-refractivity contribution in [1.29, 1.82) is 0 Å². The Hall–Kier alpha value is -1.63. The van der Waals surface area contributed by atoms with Gasteiger partial charge in [-0.3, -0.25) is 4.79 Å². The summed E-state index contributed by atoms with van der Waals surface area (Å²) in [6.45, 7) is 9.03. The van der Waals surface area contributed by atoms with Gasteiger partial charge in [-0.25, -0.2) is 0 Å². The fourth-order valence-electron chi connectivity index (χ4n) is 1.38. The minimum Gasteiger partial charge on any atom is -0.300 e. The molecule has 1 heteroatoms. The normalized spacial score (nSPS) is 9.50. The maximum Gasteiger partial charge on any atom is 0.134 e. The average molecular weight is 186 g/mol. The summed E-state index contributed by atoms with van der Waals surface area (Å²) in [6, 6.07) is 5.89. The molecule has 1 nitrogen and oxygen atoms in total. The van der Waals surface area contributed by atoms with Crippen LogP contribution in [0, 0.1) is 0 Å². The Morgan fingerprint density at radius 1 is 1.29 bits per heavy atom. The number of carbonyl (C=O) groups is 1. The molecule has 0 aliphatic rings. The molecule has 0 aromatic heterocycles. The fraction of sp³-hybridized carbons (Fsp3) is 0.154. The predicted octanol–water partition coefficient (Wildman–Crippen LogP) is 3.10. The highest BCUT2D eigenvalue weighted by Crippen LogP contribution is 2.15. The molecule has 0 saturated heterocycles. The third-order valence-electron chi connectivity index (χ3n) is 2.04. The molecule has 0 atom stereocenters. The largest absolute Gasteiger partial charge is 0.300 e. The Labute approximate surface area is 84.8 Å². The van der Waals surface area contributed by atoms with Crippen molar-refractivity contribution in [3.8, 4) is 0 Å².